The summed E-state index contributed by atoms with van der Waals surface area (Å²) in [5.74, 6) is -1.40. The summed E-state index contributed by atoms with van der Waals surface area (Å²) in [6.07, 6.45) is 1.81. The van der Waals surface area contributed by atoms with Gasteiger partial charge in [-0.2, -0.15) is 0 Å². The molecule has 1 heterocycles. The molecular weight excluding hydrogens is 262 g/mol. The van der Waals surface area contributed by atoms with Gasteiger partial charge in [-0.1, -0.05) is 13.8 Å². The first-order valence-electron chi connectivity index (χ1n) is 6.91. The number of likely N-dealkylation sites (tertiary alicyclic amines) is 1. The van der Waals surface area contributed by atoms with Crippen LogP contribution in [-0.2, 0) is 9.59 Å². The number of nitrogens with one attached hydrogen (secondary N) is 1. The number of rotatable bonds is 6. The number of primary amides is 1. The molecular formula is C13H23N3O4. The van der Waals surface area contributed by atoms with Crippen LogP contribution in [0.4, 0.5) is 4.79 Å². The molecule has 1 saturated heterocycles. The van der Waals surface area contributed by atoms with Crippen molar-refractivity contribution in [3.8, 4) is 0 Å². The Bertz CT molecular complexity index is 384. The Morgan fingerprint density at radius 3 is 2.55 bits per heavy atom. The number of nitrogens with zero attached hydrogens (tertiary/aromatic N) is 1. The van der Waals surface area contributed by atoms with Crippen LogP contribution in [0.2, 0.25) is 0 Å². The number of hydrogen-bond acceptors (Lipinski definition) is 3. The number of carboxylic acids is 1. The summed E-state index contributed by atoms with van der Waals surface area (Å²) in [4.78, 5) is 35.6. The molecule has 0 spiro atoms. The van der Waals surface area contributed by atoms with E-state index in [4.69, 9.17) is 10.8 Å². The van der Waals surface area contributed by atoms with Gasteiger partial charge in [0.2, 0.25) is 5.91 Å². The zero-order chi connectivity index (χ0) is 15.3. The molecule has 7 nitrogen and oxygen atoms in total. The van der Waals surface area contributed by atoms with Crippen molar-refractivity contribution in [1.29, 1.82) is 0 Å². The molecule has 0 aliphatic carbocycles. The molecule has 1 aliphatic heterocycles. The minimum absolute atomic E-state index is 0.0105. The molecule has 0 saturated carbocycles. The number of nitrogens with two attached hydrogens (primary N) is 1. The first-order valence-corrected chi connectivity index (χ1v) is 6.91. The van der Waals surface area contributed by atoms with Crippen LogP contribution in [-0.4, -0.2) is 46.5 Å². The number of hydrogen-bond donors (Lipinski definition) is 3. The zero-order valence-electron chi connectivity index (χ0n) is 12.0. The van der Waals surface area contributed by atoms with E-state index in [2.05, 4.69) is 5.32 Å². The minimum atomic E-state index is -1.15. The van der Waals surface area contributed by atoms with E-state index < -0.39 is 17.9 Å². The number of aliphatic carboxylic acids is 1. The highest BCUT2D eigenvalue weighted by Gasteiger charge is 2.32. The standard InChI is InChI=1S/C13H23N3O4/c1-8(2)10-4-3-7-16(10)13(20)15-9(12(18)19)5-6-11(14)17/h8-10H,3-7H2,1-2H3,(H2,14,17)(H,15,20)(H,18,19)/t9-,10?/m1/s1. The number of carbonyl (C=O) groups excluding carboxylic acids is 2. The monoisotopic (exact) mass is 285 g/mol. The van der Waals surface area contributed by atoms with Gasteiger partial charge in [-0.3, -0.25) is 4.79 Å². The third-order valence-electron chi connectivity index (χ3n) is 3.60. The van der Waals surface area contributed by atoms with Gasteiger partial charge in [0.1, 0.15) is 6.04 Å². The molecule has 3 amide bonds. The Labute approximate surface area is 118 Å². The molecule has 1 fully saturated rings. The van der Waals surface area contributed by atoms with Gasteiger partial charge >= 0.3 is 12.0 Å². The van der Waals surface area contributed by atoms with Gasteiger partial charge in [0.25, 0.3) is 0 Å². The molecule has 2 atom stereocenters. The summed E-state index contributed by atoms with van der Waals surface area (Å²) in [5.41, 5.74) is 5.00. The predicted octanol–water partition coefficient (Wildman–Crippen LogP) is 0.535. The lowest BCUT2D eigenvalue weighted by Gasteiger charge is -2.29. The fraction of sp³-hybridized carbons (Fsp3) is 0.769. The van der Waals surface area contributed by atoms with E-state index in [0.717, 1.165) is 12.8 Å². The molecule has 1 rings (SSSR count). The van der Waals surface area contributed by atoms with Crippen LogP contribution in [0.15, 0.2) is 0 Å². The Morgan fingerprint density at radius 2 is 2.05 bits per heavy atom. The van der Waals surface area contributed by atoms with Gasteiger partial charge in [0.05, 0.1) is 0 Å². The molecule has 114 valence electrons. The first-order chi connectivity index (χ1) is 9.32. The van der Waals surface area contributed by atoms with Gasteiger partial charge < -0.3 is 21.1 Å². The summed E-state index contributed by atoms with van der Waals surface area (Å²) in [6.45, 7) is 4.72. The van der Waals surface area contributed by atoms with E-state index >= 15 is 0 Å². The predicted molar refractivity (Wildman–Crippen MR) is 72.9 cm³/mol. The molecule has 1 aliphatic rings. The van der Waals surface area contributed by atoms with Crippen LogP contribution >= 0.6 is 0 Å². The second-order valence-electron chi connectivity index (χ2n) is 5.49. The van der Waals surface area contributed by atoms with Crippen molar-refractivity contribution in [2.45, 2.75) is 51.6 Å². The molecule has 0 aromatic rings. The maximum absolute atomic E-state index is 12.2. The van der Waals surface area contributed by atoms with E-state index in [1.54, 1.807) is 4.90 Å². The fourth-order valence-corrected chi connectivity index (χ4v) is 2.51. The lowest BCUT2D eigenvalue weighted by atomic mass is 10.0. The normalized spacial score (nSPS) is 19.9. The maximum atomic E-state index is 12.2. The lowest BCUT2D eigenvalue weighted by molar-refractivity contribution is -0.139. The Kier molecular flexibility index (Phi) is 5.79. The van der Waals surface area contributed by atoms with Crippen molar-refractivity contribution >= 4 is 17.9 Å². The van der Waals surface area contributed by atoms with Gasteiger partial charge in [-0.05, 0) is 25.2 Å². The molecule has 1 unspecified atom stereocenters. The Morgan fingerprint density at radius 1 is 1.40 bits per heavy atom. The van der Waals surface area contributed by atoms with Crippen molar-refractivity contribution in [3.05, 3.63) is 0 Å². The van der Waals surface area contributed by atoms with Crippen molar-refractivity contribution in [2.24, 2.45) is 11.7 Å². The topological polar surface area (TPSA) is 113 Å². The number of amides is 3. The number of carbonyl (C=O) groups is 3. The third-order valence-corrected chi connectivity index (χ3v) is 3.60. The SMILES string of the molecule is CC(C)C1CCCN1C(=O)N[C@H](CCC(N)=O)C(=O)O. The molecule has 0 radical (unpaired) electrons. The van der Waals surface area contributed by atoms with Gasteiger partial charge in [0.15, 0.2) is 0 Å². The van der Waals surface area contributed by atoms with Crippen LogP contribution in [0, 0.1) is 5.92 Å². The molecule has 20 heavy (non-hydrogen) atoms. The van der Waals surface area contributed by atoms with Gasteiger partial charge in [0, 0.05) is 19.0 Å². The van der Waals surface area contributed by atoms with Crippen LogP contribution in [0.3, 0.4) is 0 Å². The average Bonchev–Trinajstić information content (AvgIpc) is 2.82. The fourth-order valence-electron chi connectivity index (χ4n) is 2.51. The van der Waals surface area contributed by atoms with E-state index in [9.17, 15) is 14.4 Å². The maximum Gasteiger partial charge on any atom is 0.326 e. The van der Waals surface area contributed by atoms with E-state index in [1.165, 1.54) is 0 Å². The second kappa shape index (κ2) is 7.12. The molecule has 0 aromatic heterocycles. The molecule has 0 aromatic carbocycles. The highest BCUT2D eigenvalue weighted by molar-refractivity contribution is 5.83. The summed E-state index contributed by atoms with van der Waals surface area (Å²) < 4.78 is 0. The van der Waals surface area contributed by atoms with E-state index in [-0.39, 0.29) is 24.9 Å². The third kappa shape index (κ3) is 4.40. The summed E-state index contributed by atoms with van der Waals surface area (Å²) >= 11 is 0. The van der Waals surface area contributed by atoms with Gasteiger partial charge in [-0.25, -0.2) is 9.59 Å². The zero-order valence-corrected chi connectivity index (χ0v) is 12.0. The molecule has 4 N–H and O–H groups in total. The molecule has 0 bridgehead atoms. The van der Waals surface area contributed by atoms with Crippen LogP contribution < -0.4 is 11.1 Å². The van der Waals surface area contributed by atoms with Crippen molar-refractivity contribution in [2.75, 3.05) is 6.54 Å². The largest absolute Gasteiger partial charge is 0.480 e. The summed E-state index contributed by atoms with van der Waals surface area (Å²) in [6, 6.07) is -1.32. The van der Waals surface area contributed by atoms with Crippen LogP contribution in [0.1, 0.15) is 39.5 Å². The lowest BCUT2D eigenvalue weighted by Crippen LogP contribution is -2.50. The summed E-state index contributed by atoms with van der Waals surface area (Å²) in [7, 11) is 0. The van der Waals surface area contributed by atoms with Crippen molar-refractivity contribution in [3.63, 3.8) is 0 Å². The van der Waals surface area contributed by atoms with Crippen LogP contribution in [0.5, 0.6) is 0 Å². The highest BCUT2D eigenvalue weighted by Crippen LogP contribution is 2.23. The van der Waals surface area contributed by atoms with Gasteiger partial charge in [-0.15, -0.1) is 0 Å². The number of carboxylic acid groups (broad SMARTS) is 1. The smallest absolute Gasteiger partial charge is 0.326 e. The Balaban J connectivity index is 2.61. The summed E-state index contributed by atoms with van der Waals surface area (Å²) in [5, 5.41) is 11.5. The average molecular weight is 285 g/mol. The second-order valence-corrected chi connectivity index (χ2v) is 5.49. The quantitative estimate of drug-likeness (QED) is 0.660. The highest BCUT2D eigenvalue weighted by atomic mass is 16.4. The minimum Gasteiger partial charge on any atom is -0.480 e. The van der Waals surface area contributed by atoms with E-state index in [1.807, 2.05) is 13.8 Å². The first kappa shape index (κ1) is 16.3. The van der Waals surface area contributed by atoms with Crippen molar-refractivity contribution in [1.82, 2.24) is 10.2 Å². The van der Waals surface area contributed by atoms with E-state index in [0.29, 0.717) is 12.5 Å². The Hall–Kier alpha value is -1.79. The molecule has 7 heteroatoms. The number of urea groups is 1. The van der Waals surface area contributed by atoms with Crippen molar-refractivity contribution < 1.29 is 19.5 Å². The van der Waals surface area contributed by atoms with Crippen LogP contribution in [0.25, 0.3) is 0 Å².